The van der Waals surface area contributed by atoms with E-state index in [0.717, 1.165) is 28.7 Å². The third-order valence-electron chi connectivity index (χ3n) is 3.00. The van der Waals surface area contributed by atoms with Crippen molar-refractivity contribution in [2.45, 2.75) is 19.8 Å². The molecular formula is C13H14N2O. The van der Waals surface area contributed by atoms with E-state index in [0.29, 0.717) is 0 Å². The Morgan fingerprint density at radius 1 is 1.44 bits per heavy atom. The van der Waals surface area contributed by atoms with Crippen molar-refractivity contribution in [3.63, 3.8) is 0 Å². The van der Waals surface area contributed by atoms with Gasteiger partial charge >= 0.3 is 0 Å². The zero-order valence-electron chi connectivity index (χ0n) is 9.40. The molecule has 1 unspecified atom stereocenters. The third-order valence-corrected chi connectivity index (χ3v) is 3.00. The Bertz CT molecular complexity index is 489. The van der Waals surface area contributed by atoms with Gasteiger partial charge in [0.2, 0.25) is 0 Å². The molecule has 1 aromatic heterocycles. The van der Waals surface area contributed by atoms with Crippen molar-refractivity contribution in [3.05, 3.63) is 53.1 Å². The number of nitrogens with zero attached hydrogens (tertiary/aromatic N) is 1. The molecule has 1 N–H and O–H groups in total. The second kappa shape index (κ2) is 4.31. The number of aromatic amines is 1. The number of hydrogen-bond acceptors (Lipinski definition) is 2. The van der Waals surface area contributed by atoms with Crippen LogP contribution in [0.15, 0.2) is 30.7 Å². The minimum absolute atomic E-state index is 0.224. The van der Waals surface area contributed by atoms with Crippen LogP contribution < -0.4 is 0 Å². The largest absolute Gasteiger partial charge is 0.348 e. The number of H-pyrrole nitrogens is 1. The first kappa shape index (κ1) is 10.6. The van der Waals surface area contributed by atoms with Gasteiger partial charge in [0, 0.05) is 23.4 Å². The Labute approximate surface area is 94.5 Å². The summed E-state index contributed by atoms with van der Waals surface area (Å²) < 4.78 is 0. The molecule has 3 nitrogen and oxygen atoms in total. The van der Waals surface area contributed by atoms with E-state index in [1.54, 1.807) is 6.33 Å². The van der Waals surface area contributed by atoms with Crippen LogP contribution in [0.1, 0.15) is 40.0 Å². The Hall–Kier alpha value is -1.90. The summed E-state index contributed by atoms with van der Waals surface area (Å²) in [6.45, 7) is 4.08. The molecule has 0 spiro atoms. The van der Waals surface area contributed by atoms with E-state index < -0.39 is 0 Å². The average Bonchev–Trinajstić information content (AvgIpc) is 2.82. The Balaban J connectivity index is 2.44. The van der Waals surface area contributed by atoms with E-state index in [9.17, 15) is 4.79 Å². The van der Waals surface area contributed by atoms with E-state index in [-0.39, 0.29) is 5.92 Å². The maximum Gasteiger partial charge on any atom is 0.150 e. The number of aromatic nitrogens is 2. The minimum Gasteiger partial charge on any atom is -0.348 e. The number of imidazole rings is 1. The van der Waals surface area contributed by atoms with Gasteiger partial charge in [-0.1, -0.05) is 25.1 Å². The maximum atomic E-state index is 10.9. The highest BCUT2D eigenvalue weighted by Gasteiger charge is 2.13. The molecule has 0 aliphatic carbocycles. The normalized spacial score (nSPS) is 12.4. The molecule has 1 heterocycles. The highest BCUT2D eigenvalue weighted by atomic mass is 16.1. The second-order valence-electron chi connectivity index (χ2n) is 3.91. The van der Waals surface area contributed by atoms with Crippen molar-refractivity contribution < 1.29 is 4.79 Å². The molecule has 0 saturated carbocycles. The molecule has 0 bridgehead atoms. The van der Waals surface area contributed by atoms with Gasteiger partial charge in [0.1, 0.15) is 6.29 Å². The molecule has 16 heavy (non-hydrogen) atoms. The summed E-state index contributed by atoms with van der Waals surface area (Å²) in [5, 5.41) is 0. The lowest BCUT2D eigenvalue weighted by Crippen LogP contribution is -2.01. The lowest BCUT2D eigenvalue weighted by atomic mass is 9.92. The fourth-order valence-corrected chi connectivity index (χ4v) is 1.94. The topological polar surface area (TPSA) is 45.8 Å². The van der Waals surface area contributed by atoms with Crippen molar-refractivity contribution in [1.29, 1.82) is 0 Å². The van der Waals surface area contributed by atoms with E-state index >= 15 is 0 Å². The van der Waals surface area contributed by atoms with E-state index in [1.807, 2.05) is 31.3 Å². The van der Waals surface area contributed by atoms with Crippen LogP contribution in [0.5, 0.6) is 0 Å². The molecule has 0 radical (unpaired) electrons. The maximum absolute atomic E-state index is 10.9. The van der Waals surface area contributed by atoms with Crippen molar-refractivity contribution >= 4 is 6.29 Å². The van der Waals surface area contributed by atoms with Gasteiger partial charge in [0.15, 0.2) is 0 Å². The standard InChI is InChI=1S/C13H14N2O/c1-9-11(7-16)4-3-5-12(9)10(2)13-6-14-8-15-13/h3-8,10H,1-2H3,(H,14,15). The first-order chi connectivity index (χ1) is 7.74. The van der Waals surface area contributed by atoms with Crippen LogP contribution in [0.2, 0.25) is 0 Å². The Morgan fingerprint density at radius 3 is 2.88 bits per heavy atom. The molecule has 1 aromatic carbocycles. The number of benzene rings is 1. The number of aldehydes is 1. The molecule has 82 valence electrons. The number of carbonyl (C=O) groups is 1. The van der Waals surface area contributed by atoms with Crippen LogP contribution in [0, 0.1) is 6.92 Å². The van der Waals surface area contributed by atoms with Crippen LogP contribution in [0.25, 0.3) is 0 Å². The summed E-state index contributed by atoms with van der Waals surface area (Å²) in [7, 11) is 0. The molecule has 1 atom stereocenters. The highest BCUT2D eigenvalue weighted by Crippen LogP contribution is 2.26. The van der Waals surface area contributed by atoms with Gasteiger partial charge in [-0.25, -0.2) is 4.98 Å². The van der Waals surface area contributed by atoms with Gasteiger partial charge in [-0.2, -0.15) is 0 Å². The fraction of sp³-hybridized carbons (Fsp3) is 0.231. The van der Waals surface area contributed by atoms with Crippen molar-refractivity contribution in [2.24, 2.45) is 0 Å². The molecule has 0 amide bonds. The minimum atomic E-state index is 0.224. The van der Waals surface area contributed by atoms with Crippen LogP contribution in [0.3, 0.4) is 0 Å². The average molecular weight is 214 g/mol. The quantitative estimate of drug-likeness (QED) is 0.798. The summed E-state index contributed by atoms with van der Waals surface area (Å²) in [6.07, 6.45) is 4.39. The van der Waals surface area contributed by atoms with Crippen LogP contribution in [-0.2, 0) is 0 Å². The van der Waals surface area contributed by atoms with Crippen LogP contribution in [0.4, 0.5) is 0 Å². The summed E-state index contributed by atoms with van der Waals surface area (Å²) in [6, 6.07) is 5.80. The van der Waals surface area contributed by atoms with E-state index in [1.165, 1.54) is 0 Å². The molecule has 0 fully saturated rings. The predicted molar refractivity (Wildman–Crippen MR) is 62.7 cm³/mol. The lowest BCUT2D eigenvalue weighted by Gasteiger charge is -2.14. The number of rotatable bonds is 3. The molecule has 0 aliphatic heterocycles. The Morgan fingerprint density at radius 2 is 2.25 bits per heavy atom. The SMILES string of the molecule is Cc1c(C=O)cccc1C(C)c1cnc[nH]1. The number of carbonyl (C=O) groups excluding carboxylic acids is 1. The summed E-state index contributed by atoms with van der Waals surface area (Å²) in [4.78, 5) is 18.0. The van der Waals surface area contributed by atoms with Gasteiger partial charge < -0.3 is 4.98 Å². The van der Waals surface area contributed by atoms with Gasteiger partial charge in [0.25, 0.3) is 0 Å². The smallest absolute Gasteiger partial charge is 0.150 e. The van der Waals surface area contributed by atoms with Gasteiger partial charge in [-0.3, -0.25) is 4.79 Å². The van der Waals surface area contributed by atoms with E-state index in [4.69, 9.17) is 0 Å². The first-order valence-electron chi connectivity index (χ1n) is 5.27. The summed E-state index contributed by atoms with van der Waals surface area (Å²) in [5.41, 5.74) is 4.02. The monoisotopic (exact) mass is 214 g/mol. The van der Waals surface area contributed by atoms with Crippen LogP contribution in [-0.4, -0.2) is 16.3 Å². The van der Waals surface area contributed by atoms with Gasteiger partial charge in [-0.05, 0) is 18.1 Å². The van der Waals surface area contributed by atoms with Crippen molar-refractivity contribution in [1.82, 2.24) is 9.97 Å². The summed E-state index contributed by atoms with van der Waals surface area (Å²) in [5.74, 6) is 0.224. The molecule has 2 aromatic rings. The zero-order chi connectivity index (χ0) is 11.5. The van der Waals surface area contributed by atoms with Crippen molar-refractivity contribution in [2.75, 3.05) is 0 Å². The number of nitrogens with one attached hydrogen (secondary N) is 1. The van der Waals surface area contributed by atoms with Crippen molar-refractivity contribution in [3.8, 4) is 0 Å². The zero-order valence-corrected chi connectivity index (χ0v) is 9.40. The molecule has 3 heteroatoms. The van der Waals surface area contributed by atoms with Crippen LogP contribution >= 0.6 is 0 Å². The predicted octanol–water partition coefficient (Wildman–Crippen LogP) is 2.68. The Kier molecular flexibility index (Phi) is 2.86. The second-order valence-corrected chi connectivity index (χ2v) is 3.91. The summed E-state index contributed by atoms with van der Waals surface area (Å²) >= 11 is 0. The fourth-order valence-electron chi connectivity index (χ4n) is 1.94. The van der Waals surface area contributed by atoms with E-state index in [2.05, 4.69) is 16.9 Å². The first-order valence-corrected chi connectivity index (χ1v) is 5.27. The highest BCUT2D eigenvalue weighted by molar-refractivity contribution is 5.77. The van der Waals surface area contributed by atoms with Gasteiger partial charge in [0.05, 0.1) is 6.33 Å². The molecule has 0 saturated heterocycles. The lowest BCUT2D eigenvalue weighted by molar-refractivity contribution is 0.112. The third kappa shape index (κ3) is 1.76. The molecular weight excluding hydrogens is 200 g/mol. The van der Waals surface area contributed by atoms with Gasteiger partial charge in [-0.15, -0.1) is 0 Å². The molecule has 0 aliphatic rings. The number of hydrogen-bond donors (Lipinski definition) is 1. The molecule has 2 rings (SSSR count).